The lowest BCUT2D eigenvalue weighted by molar-refractivity contribution is 0.987. The summed E-state index contributed by atoms with van der Waals surface area (Å²) in [6, 6.07) is 7.60. The van der Waals surface area contributed by atoms with E-state index < -0.39 is 0 Å². The molecule has 2 rings (SSSR count). The van der Waals surface area contributed by atoms with Gasteiger partial charge in [-0.3, -0.25) is 5.41 Å². The normalized spacial score (nSPS) is 10.7. The average molecular weight is 289 g/mol. The van der Waals surface area contributed by atoms with Crippen LogP contribution < -0.4 is 16.4 Å². The van der Waals surface area contributed by atoms with Crippen molar-refractivity contribution in [2.75, 3.05) is 11.9 Å². The zero-order valence-electron chi connectivity index (χ0n) is 10.9. The number of aromatic nitrogens is 2. The number of guanidine groups is 1. The molecule has 0 bridgehead atoms. The summed E-state index contributed by atoms with van der Waals surface area (Å²) in [6.45, 7) is 2.84. The van der Waals surface area contributed by atoms with Crippen molar-refractivity contribution in [1.29, 1.82) is 5.41 Å². The number of hydrogen-bond donors (Lipinski definition) is 4. The summed E-state index contributed by atoms with van der Waals surface area (Å²) in [4.78, 5) is 8.55. The fourth-order valence-corrected chi connectivity index (χ4v) is 2.05. The van der Waals surface area contributed by atoms with Crippen molar-refractivity contribution in [3.05, 3.63) is 24.3 Å². The van der Waals surface area contributed by atoms with Crippen LogP contribution in [0.25, 0.3) is 11.4 Å². The second-order valence-corrected chi connectivity index (χ2v) is 4.58. The molecule has 0 spiro atoms. The predicted octanol–water partition coefficient (Wildman–Crippen LogP) is 1.78. The maximum Gasteiger partial charge on any atom is 0.209 e. The molecule has 0 saturated carbocycles. The molecule has 7 nitrogen and oxygen atoms in total. The Bertz CT molecular complexity index is 620. The first-order valence-electron chi connectivity index (χ1n) is 6.00. The van der Waals surface area contributed by atoms with E-state index in [2.05, 4.69) is 25.0 Å². The van der Waals surface area contributed by atoms with Crippen molar-refractivity contribution in [3.63, 3.8) is 0 Å². The predicted molar refractivity (Wildman–Crippen MR) is 82.7 cm³/mol. The third-order valence-electron chi connectivity index (χ3n) is 2.28. The van der Waals surface area contributed by atoms with Crippen LogP contribution in [0.3, 0.4) is 0 Å². The monoisotopic (exact) mass is 289 g/mol. The van der Waals surface area contributed by atoms with Crippen molar-refractivity contribution in [1.82, 2.24) is 14.7 Å². The molecule has 1 aromatic heterocycles. The van der Waals surface area contributed by atoms with E-state index in [1.807, 2.05) is 31.2 Å². The van der Waals surface area contributed by atoms with Gasteiger partial charge in [0, 0.05) is 23.6 Å². The Morgan fingerprint density at radius 3 is 3.15 bits per heavy atom. The summed E-state index contributed by atoms with van der Waals surface area (Å²) in [7, 11) is 0. The van der Waals surface area contributed by atoms with Crippen molar-refractivity contribution in [3.8, 4) is 11.4 Å². The van der Waals surface area contributed by atoms with Gasteiger partial charge in [0.1, 0.15) is 0 Å². The lowest BCUT2D eigenvalue weighted by Crippen LogP contribution is -2.20. The van der Waals surface area contributed by atoms with Crippen molar-refractivity contribution >= 4 is 34.6 Å². The zero-order valence-corrected chi connectivity index (χ0v) is 11.7. The first kappa shape index (κ1) is 13.9. The minimum absolute atomic E-state index is 0.156. The molecule has 20 heavy (non-hydrogen) atoms. The van der Waals surface area contributed by atoms with Gasteiger partial charge in [-0.15, -0.1) is 0 Å². The van der Waals surface area contributed by atoms with Gasteiger partial charge in [0.25, 0.3) is 0 Å². The van der Waals surface area contributed by atoms with E-state index in [1.54, 1.807) is 6.34 Å². The minimum Gasteiger partial charge on any atom is -0.376 e. The minimum atomic E-state index is -0.156. The molecular formula is C12H15N7S. The first-order chi connectivity index (χ1) is 9.69. The molecule has 0 unspecified atom stereocenters. The van der Waals surface area contributed by atoms with Crippen LogP contribution in [-0.4, -0.2) is 28.2 Å². The summed E-state index contributed by atoms with van der Waals surface area (Å²) in [5, 5.41) is 13.3. The number of benzene rings is 1. The Morgan fingerprint density at radius 2 is 2.40 bits per heavy atom. The molecule has 104 valence electrons. The summed E-state index contributed by atoms with van der Waals surface area (Å²) < 4.78 is 4.23. The van der Waals surface area contributed by atoms with Gasteiger partial charge in [0.2, 0.25) is 5.13 Å². The van der Waals surface area contributed by atoms with E-state index >= 15 is 0 Å². The van der Waals surface area contributed by atoms with Crippen LogP contribution in [0.4, 0.5) is 10.8 Å². The average Bonchev–Trinajstić information content (AvgIpc) is 2.87. The molecule has 0 atom stereocenters. The summed E-state index contributed by atoms with van der Waals surface area (Å²) in [5.41, 5.74) is 6.93. The van der Waals surface area contributed by atoms with Gasteiger partial charge < -0.3 is 16.4 Å². The van der Waals surface area contributed by atoms with Crippen LogP contribution in [0.5, 0.6) is 0 Å². The van der Waals surface area contributed by atoms with Crippen LogP contribution in [0.15, 0.2) is 29.3 Å². The van der Waals surface area contributed by atoms with Gasteiger partial charge in [0.05, 0.1) is 12.0 Å². The summed E-state index contributed by atoms with van der Waals surface area (Å²) in [5.74, 6) is 0.427. The van der Waals surface area contributed by atoms with E-state index in [9.17, 15) is 0 Å². The fraction of sp³-hybridized carbons (Fsp3) is 0.167. The number of rotatable bonds is 5. The SMILES string of the molecule is CCN/C=N/c1cccc(-c2nsc(NC(=N)N)n2)c1. The Kier molecular flexibility index (Phi) is 4.61. The summed E-state index contributed by atoms with van der Waals surface area (Å²) in [6.07, 6.45) is 1.66. The van der Waals surface area contributed by atoms with E-state index in [0.717, 1.165) is 29.3 Å². The van der Waals surface area contributed by atoms with Gasteiger partial charge in [-0.25, -0.2) is 4.99 Å². The highest BCUT2D eigenvalue weighted by molar-refractivity contribution is 7.10. The Hall–Kier alpha value is -2.48. The smallest absolute Gasteiger partial charge is 0.209 e. The number of anilines is 1. The molecule has 0 radical (unpaired) electrons. The number of nitrogens with one attached hydrogen (secondary N) is 3. The quantitative estimate of drug-likeness (QED) is 0.495. The molecule has 0 aliphatic carbocycles. The molecule has 0 amide bonds. The molecule has 1 heterocycles. The standard InChI is InChI=1S/C12H15N7S/c1-2-15-7-16-9-5-3-4-8(6-9)10-17-12(20-19-10)18-11(13)14/h3-7H,2H2,1H3,(H,15,16)(H4,13,14,17,18,19). The largest absolute Gasteiger partial charge is 0.376 e. The van der Waals surface area contributed by atoms with Gasteiger partial charge >= 0.3 is 0 Å². The molecule has 5 N–H and O–H groups in total. The number of hydrogen-bond acceptors (Lipinski definition) is 5. The molecule has 2 aromatic rings. The second-order valence-electron chi connectivity index (χ2n) is 3.83. The topological polar surface area (TPSA) is 112 Å². The van der Waals surface area contributed by atoms with Crippen LogP contribution in [0.1, 0.15) is 6.92 Å². The molecule has 0 aliphatic heterocycles. The molecule has 0 aliphatic rings. The fourth-order valence-electron chi connectivity index (χ4n) is 1.44. The molecule has 0 saturated heterocycles. The van der Waals surface area contributed by atoms with E-state index in [4.69, 9.17) is 11.1 Å². The molecule has 8 heteroatoms. The number of aliphatic imine (C=N–C) groups is 1. The Balaban J connectivity index is 2.18. The highest BCUT2D eigenvalue weighted by Crippen LogP contribution is 2.24. The van der Waals surface area contributed by atoms with E-state index in [0.29, 0.717) is 11.0 Å². The van der Waals surface area contributed by atoms with Crippen LogP contribution in [0, 0.1) is 5.41 Å². The van der Waals surface area contributed by atoms with Gasteiger partial charge in [-0.1, -0.05) is 12.1 Å². The summed E-state index contributed by atoms with van der Waals surface area (Å²) >= 11 is 1.16. The molecule has 1 aromatic carbocycles. The van der Waals surface area contributed by atoms with Gasteiger partial charge in [-0.05, 0) is 19.1 Å². The van der Waals surface area contributed by atoms with Crippen molar-refractivity contribution in [2.45, 2.75) is 6.92 Å². The van der Waals surface area contributed by atoms with Crippen LogP contribution in [0.2, 0.25) is 0 Å². The van der Waals surface area contributed by atoms with Crippen molar-refractivity contribution < 1.29 is 0 Å². The second kappa shape index (κ2) is 6.62. The van der Waals surface area contributed by atoms with Crippen LogP contribution >= 0.6 is 11.5 Å². The first-order valence-corrected chi connectivity index (χ1v) is 6.77. The third kappa shape index (κ3) is 3.75. The highest BCUT2D eigenvalue weighted by Gasteiger charge is 2.07. The maximum absolute atomic E-state index is 7.15. The lowest BCUT2D eigenvalue weighted by Gasteiger charge is -1.98. The molecular weight excluding hydrogens is 274 g/mol. The Labute approximate surface area is 120 Å². The maximum atomic E-state index is 7.15. The van der Waals surface area contributed by atoms with Gasteiger partial charge in [0.15, 0.2) is 11.8 Å². The number of nitrogens with two attached hydrogens (primary N) is 1. The zero-order chi connectivity index (χ0) is 14.4. The third-order valence-corrected chi connectivity index (χ3v) is 2.91. The van der Waals surface area contributed by atoms with E-state index in [-0.39, 0.29) is 5.96 Å². The van der Waals surface area contributed by atoms with Crippen LogP contribution in [-0.2, 0) is 0 Å². The molecule has 0 fully saturated rings. The van der Waals surface area contributed by atoms with E-state index in [1.165, 1.54) is 0 Å². The lowest BCUT2D eigenvalue weighted by atomic mass is 10.2. The number of nitrogens with zero attached hydrogens (tertiary/aromatic N) is 3. The van der Waals surface area contributed by atoms with Crippen molar-refractivity contribution in [2.24, 2.45) is 10.7 Å². The highest BCUT2D eigenvalue weighted by atomic mass is 32.1. The Morgan fingerprint density at radius 1 is 1.55 bits per heavy atom. The van der Waals surface area contributed by atoms with Gasteiger partial charge in [-0.2, -0.15) is 9.36 Å².